The lowest BCUT2D eigenvalue weighted by atomic mass is 10.2. The number of likely N-dealkylation sites (tertiary alicyclic amines) is 1. The number of nitrogens with zero attached hydrogens (tertiary/aromatic N) is 4. The molecule has 0 aromatic carbocycles. The topological polar surface area (TPSA) is 55.1 Å². The van der Waals surface area contributed by atoms with Crippen molar-refractivity contribution in [2.24, 2.45) is 0 Å². The van der Waals surface area contributed by atoms with Gasteiger partial charge in [0.25, 0.3) is 0 Å². The third-order valence-electron chi connectivity index (χ3n) is 3.99. The van der Waals surface area contributed by atoms with Crippen LogP contribution in [0.5, 0.6) is 0 Å². The highest BCUT2D eigenvalue weighted by Crippen LogP contribution is 2.33. The van der Waals surface area contributed by atoms with Gasteiger partial charge in [0, 0.05) is 29.9 Å². The fraction of sp³-hybridized carbons (Fsp3) is 0.312. The molecule has 0 saturated carbocycles. The maximum Gasteiger partial charge on any atom is 0.248 e. The summed E-state index contributed by atoms with van der Waals surface area (Å²) in [7, 11) is 0. The molecule has 1 saturated heterocycles. The third-order valence-corrected chi connectivity index (χ3v) is 4.68. The van der Waals surface area contributed by atoms with Crippen LogP contribution in [-0.2, 0) is 6.54 Å². The molecule has 1 atom stereocenters. The monoisotopic (exact) mass is 312 g/mol. The largest absolute Gasteiger partial charge is 0.419 e. The van der Waals surface area contributed by atoms with Gasteiger partial charge in [-0.1, -0.05) is 0 Å². The van der Waals surface area contributed by atoms with E-state index >= 15 is 0 Å². The van der Waals surface area contributed by atoms with Crippen molar-refractivity contribution >= 4 is 11.3 Å². The summed E-state index contributed by atoms with van der Waals surface area (Å²) in [5, 5.41) is 12.5. The molecule has 0 radical (unpaired) electrons. The number of thiophene rings is 1. The van der Waals surface area contributed by atoms with Crippen LogP contribution in [0.1, 0.15) is 30.3 Å². The zero-order chi connectivity index (χ0) is 14.8. The van der Waals surface area contributed by atoms with Crippen molar-refractivity contribution in [3.63, 3.8) is 0 Å². The Hall–Kier alpha value is -2.05. The van der Waals surface area contributed by atoms with Crippen molar-refractivity contribution in [2.45, 2.75) is 25.4 Å². The van der Waals surface area contributed by atoms with Gasteiger partial charge in [-0.25, -0.2) is 0 Å². The van der Waals surface area contributed by atoms with E-state index in [4.69, 9.17) is 4.42 Å². The van der Waals surface area contributed by atoms with Crippen LogP contribution in [0, 0.1) is 0 Å². The lowest BCUT2D eigenvalue weighted by molar-refractivity contribution is 0.215. The van der Waals surface area contributed by atoms with E-state index in [9.17, 15) is 0 Å². The molecule has 1 aliphatic rings. The Morgan fingerprint density at radius 2 is 2.14 bits per heavy atom. The average molecular weight is 312 g/mol. The molecule has 0 amide bonds. The van der Waals surface area contributed by atoms with Crippen molar-refractivity contribution in [3.05, 3.63) is 52.8 Å². The molecule has 4 heterocycles. The minimum absolute atomic E-state index is 0.216. The van der Waals surface area contributed by atoms with Crippen LogP contribution in [0.25, 0.3) is 11.5 Å². The maximum absolute atomic E-state index is 5.91. The van der Waals surface area contributed by atoms with Gasteiger partial charge < -0.3 is 4.42 Å². The van der Waals surface area contributed by atoms with Crippen molar-refractivity contribution in [3.8, 4) is 11.5 Å². The first-order valence-corrected chi connectivity index (χ1v) is 8.33. The summed E-state index contributed by atoms with van der Waals surface area (Å²) in [6, 6.07) is 6.33. The molecule has 5 nitrogen and oxygen atoms in total. The number of aromatic nitrogens is 3. The average Bonchev–Trinajstić information content (AvgIpc) is 3.29. The highest BCUT2D eigenvalue weighted by molar-refractivity contribution is 7.08. The second-order valence-corrected chi connectivity index (χ2v) is 6.22. The van der Waals surface area contributed by atoms with E-state index in [-0.39, 0.29) is 6.04 Å². The Bertz CT molecular complexity index is 726. The molecule has 3 aromatic heterocycles. The summed E-state index contributed by atoms with van der Waals surface area (Å²) in [5.74, 6) is 1.35. The molecular weight excluding hydrogens is 296 g/mol. The number of rotatable bonds is 4. The molecule has 4 rings (SSSR count). The zero-order valence-corrected chi connectivity index (χ0v) is 12.9. The van der Waals surface area contributed by atoms with Gasteiger partial charge in [0.05, 0.1) is 6.04 Å². The van der Waals surface area contributed by atoms with Crippen LogP contribution in [0.2, 0.25) is 0 Å². The Morgan fingerprint density at radius 1 is 1.23 bits per heavy atom. The van der Waals surface area contributed by atoms with Crippen molar-refractivity contribution in [1.29, 1.82) is 0 Å². The van der Waals surface area contributed by atoms with Gasteiger partial charge in [0.2, 0.25) is 11.8 Å². The SMILES string of the molecule is c1cc(CN2CCCC2c2nnc(-c3ccsc3)o2)ccn1. The molecule has 6 heteroatoms. The second-order valence-electron chi connectivity index (χ2n) is 5.44. The first-order valence-electron chi connectivity index (χ1n) is 7.39. The quantitative estimate of drug-likeness (QED) is 0.737. The smallest absolute Gasteiger partial charge is 0.248 e. The zero-order valence-electron chi connectivity index (χ0n) is 12.1. The molecule has 1 fully saturated rings. The summed E-state index contributed by atoms with van der Waals surface area (Å²) >= 11 is 1.63. The van der Waals surface area contributed by atoms with Gasteiger partial charge in [0.15, 0.2) is 0 Å². The molecule has 0 spiro atoms. The first kappa shape index (κ1) is 13.6. The highest BCUT2D eigenvalue weighted by atomic mass is 32.1. The second kappa shape index (κ2) is 5.98. The van der Waals surface area contributed by atoms with E-state index in [1.165, 1.54) is 5.56 Å². The van der Waals surface area contributed by atoms with Crippen LogP contribution in [0.4, 0.5) is 0 Å². The van der Waals surface area contributed by atoms with Crippen LogP contribution in [0.3, 0.4) is 0 Å². The predicted octanol–water partition coefficient (Wildman–Crippen LogP) is 3.53. The van der Waals surface area contributed by atoms with Gasteiger partial charge in [0.1, 0.15) is 0 Å². The van der Waals surface area contributed by atoms with Crippen molar-refractivity contribution in [2.75, 3.05) is 6.54 Å². The van der Waals surface area contributed by atoms with E-state index in [1.807, 2.05) is 29.2 Å². The first-order chi connectivity index (χ1) is 10.9. The minimum Gasteiger partial charge on any atom is -0.419 e. The van der Waals surface area contributed by atoms with Gasteiger partial charge in [-0.05, 0) is 48.5 Å². The van der Waals surface area contributed by atoms with Gasteiger partial charge in [-0.15, -0.1) is 10.2 Å². The normalized spacial score (nSPS) is 18.8. The number of pyridine rings is 1. The van der Waals surface area contributed by atoms with Crippen LogP contribution in [0.15, 0.2) is 45.8 Å². The molecule has 0 N–H and O–H groups in total. The van der Waals surface area contributed by atoms with Crippen LogP contribution in [-0.4, -0.2) is 26.6 Å². The van der Waals surface area contributed by atoms with E-state index in [0.29, 0.717) is 5.89 Å². The molecule has 1 unspecified atom stereocenters. The van der Waals surface area contributed by atoms with E-state index < -0.39 is 0 Å². The summed E-state index contributed by atoms with van der Waals surface area (Å²) < 4.78 is 5.91. The Balaban J connectivity index is 1.54. The highest BCUT2D eigenvalue weighted by Gasteiger charge is 2.30. The molecule has 3 aromatic rings. The molecule has 22 heavy (non-hydrogen) atoms. The Labute approximate surface area is 132 Å². The van der Waals surface area contributed by atoms with Gasteiger partial charge in [-0.2, -0.15) is 11.3 Å². The predicted molar refractivity (Wildman–Crippen MR) is 84.2 cm³/mol. The fourth-order valence-electron chi connectivity index (χ4n) is 2.89. The molecule has 0 bridgehead atoms. The van der Waals surface area contributed by atoms with Crippen LogP contribution < -0.4 is 0 Å². The summed E-state index contributed by atoms with van der Waals surface area (Å²) in [4.78, 5) is 6.47. The fourth-order valence-corrected chi connectivity index (χ4v) is 3.52. The van der Waals surface area contributed by atoms with Crippen molar-refractivity contribution < 1.29 is 4.42 Å². The number of hydrogen-bond acceptors (Lipinski definition) is 6. The number of hydrogen-bond donors (Lipinski definition) is 0. The Morgan fingerprint density at radius 3 is 2.95 bits per heavy atom. The minimum atomic E-state index is 0.216. The summed E-state index contributed by atoms with van der Waals surface area (Å²) in [5.41, 5.74) is 2.27. The molecule has 112 valence electrons. The molecule has 0 aliphatic carbocycles. The Kier molecular flexibility index (Phi) is 3.70. The third kappa shape index (κ3) is 2.67. The van der Waals surface area contributed by atoms with Gasteiger partial charge >= 0.3 is 0 Å². The lowest BCUT2D eigenvalue weighted by Gasteiger charge is -2.21. The van der Waals surface area contributed by atoms with Crippen molar-refractivity contribution in [1.82, 2.24) is 20.1 Å². The molecule has 1 aliphatic heterocycles. The standard InChI is InChI=1S/C16H16N4OS/c1-2-14(20(8-1)10-12-3-6-17-7-4-12)16-19-18-15(21-16)13-5-9-22-11-13/h3-7,9,11,14H,1-2,8,10H2. The van der Waals surface area contributed by atoms with E-state index in [0.717, 1.165) is 37.4 Å². The van der Waals surface area contributed by atoms with Gasteiger partial charge in [-0.3, -0.25) is 9.88 Å². The lowest BCUT2D eigenvalue weighted by Crippen LogP contribution is -2.23. The van der Waals surface area contributed by atoms with Crippen LogP contribution >= 0.6 is 11.3 Å². The summed E-state index contributed by atoms with van der Waals surface area (Å²) in [6.07, 6.45) is 5.89. The molecular formula is C16H16N4OS. The van der Waals surface area contributed by atoms with E-state index in [2.05, 4.69) is 32.2 Å². The summed E-state index contributed by atoms with van der Waals surface area (Å²) in [6.45, 7) is 1.95. The van der Waals surface area contributed by atoms with E-state index in [1.54, 1.807) is 11.3 Å². The maximum atomic E-state index is 5.91.